The van der Waals surface area contributed by atoms with E-state index < -0.39 is 0 Å². The van der Waals surface area contributed by atoms with Gasteiger partial charge in [-0.1, -0.05) is 0 Å². The Hall–Kier alpha value is -2.24. The van der Waals surface area contributed by atoms with Crippen molar-refractivity contribution in [2.45, 2.75) is 18.8 Å². The molecule has 2 aromatic heterocycles. The van der Waals surface area contributed by atoms with Gasteiger partial charge in [0.05, 0.1) is 0 Å². The summed E-state index contributed by atoms with van der Waals surface area (Å²) in [6.07, 6.45) is 5.88. The predicted molar refractivity (Wildman–Crippen MR) is 89.6 cm³/mol. The van der Waals surface area contributed by atoms with Crippen LogP contribution in [0.5, 0.6) is 0 Å². The quantitative estimate of drug-likeness (QED) is 0.867. The normalized spacial score (nSPS) is 26.0. The highest BCUT2D eigenvalue weighted by molar-refractivity contribution is 5.46. The van der Waals surface area contributed by atoms with E-state index in [1.54, 1.807) is 18.6 Å². The lowest BCUT2D eigenvalue weighted by atomic mass is 10.0. The van der Waals surface area contributed by atoms with Crippen LogP contribution in [0.1, 0.15) is 24.5 Å². The summed E-state index contributed by atoms with van der Waals surface area (Å²) in [5.41, 5.74) is 1.19. The van der Waals surface area contributed by atoms with E-state index >= 15 is 0 Å². The second kappa shape index (κ2) is 5.40. The molecule has 0 spiro atoms. The minimum Gasteiger partial charge on any atom is -0.356 e. The van der Waals surface area contributed by atoms with Crippen LogP contribution in [0.3, 0.4) is 0 Å². The summed E-state index contributed by atoms with van der Waals surface area (Å²) in [5.74, 6) is 3.07. The van der Waals surface area contributed by atoms with E-state index in [2.05, 4.69) is 30.8 Å². The van der Waals surface area contributed by atoms with E-state index in [0.717, 1.165) is 32.0 Å². The molecule has 3 fully saturated rings. The van der Waals surface area contributed by atoms with Gasteiger partial charge in [-0.15, -0.1) is 0 Å². The van der Waals surface area contributed by atoms with Gasteiger partial charge >= 0.3 is 0 Å². The van der Waals surface area contributed by atoms with E-state index in [0.29, 0.717) is 23.6 Å². The van der Waals surface area contributed by atoms with Gasteiger partial charge in [0.2, 0.25) is 0 Å². The first-order valence-electron chi connectivity index (χ1n) is 8.70. The number of anilines is 2. The van der Waals surface area contributed by atoms with E-state index in [-0.39, 0.29) is 5.82 Å². The second-order valence-electron chi connectivity index (χ2n) is 7.21. The van der Waals surface area contributed by atoms with Crippen molar-refractivity contribution in [3.63, 3.8) is 0 Å². The van der Waals surface area contributed by atoms with Crippen LogP contribution >= 0.6 is 0 Å². The summed E-state index contributed by atoms with van der Waals surface area (Å²) in [6, 6.07) is 5.29. The van der Waals surface area contributed by atoms with Crippen molar-refractivity contribution in [2.75, 3.05) is 36.0 Å². The fourth-order valence-electron chi connectivity index (χ4n) is 4.10. The third kappa shape index (κ3) is 2.41. The molecule has 2 saturated heterocycles. The Balaban J connectivity index is 1.30. The number of pyridine rings is 1. The van der Waals surface area contributed by atoms with E-state index in [1.807, 2.05) is 0 Å². The molecule has 0 amide bonds. The van der Waals surface area contributed by atoms with Crippen molar-refractivity contribution in [2.24, 2.45) is 11.8 Å². The summed E-state index contributed by atoms with van der Waals surface area (Å²) < 4.78 is 14.0. The highest BCUT2D eigenvalue weighted by Gasteiger charge is 2.41. The van der Waals surface area contributed by atoms with Gasteiger partial charge in [-0.05, 0) is 25.0 Å². The van der Waals surface area contributed by atoms with Gasteiger partial charge in [-0.3, -0.25) is 0 Å². The molecule has 0 radical (unpaired) electrons. The first-order valence-corrected chi connectivity index (χ1v) is 8.70. The van der Waals surface area contributed by atoms with E-state index in [1.165, 1.54) is 24.6 Å². The molecule has 6 heteroatoms. The van der Waals surface area contributed by atoms with Crippen LogP contribution in [-0.4, -0.2) is 41.1 Å². The molecule has 3 aliphatic rings. The third-order valence-corrected chi connectivity index (χ3v) is 5.52. The fourth-order valence-corrected chi connectivity index (χ4v) is 4.10. The number of nitrogens with zero attached hydrogens (tertiary/aromatic N) is 5. The maximum absolute atomic E-state index is 14.0. The molecule has 2 aliphatic heterocycles. The molecule has 1 aliphatic carbocycles. The number of rotatable bonds is 3. The molecular formula is C18H20FN5. The highest BCUT2D eigenvalue weighted by Crippen LogP contribution is 2.40. The lowest BCUT2D eigenvalue weighted by Crippen LogP contribution is -2.30. The maximum atomic E-state index is 14.0. The summed E-state index contributed by atoms with van der Waals surface area (Å²) in [4.78, 5) is 17.6. The molecule has 0 aromatic carbocycles. The van der Waals surface area contributed by atoms with Crippen LogP contribution in [-0.2, 0) is 0 Å². The zero-order chi connectivity index (χ0) is 16.1. The smallest absolute Gasteiger partial charge is 0.165 e. The van der Waals surface area contributed by atoms with Crippen LogP contribution in [0, 0.1) is 17.7 Å². The molecular weight excluding hydrogens is 305 g/mol. The second-order valence-corrected chi connectivity index (χ2v) is 7.21. The number of aromatic nitrogens is 3. The molecule has 2 atom stereocenters. The molecule has 5 nitrogen and oxygen atoms in total. The molecule has 1 saturated carbocycles. The SMILES string of the molecule is Fc1cccnc1N1CC2CN(c3cc(C4CC4)ncn3)CC2C1. The van der Waals surface area contributed by atoms with Crippen molar-refractivity contribution < 1.29 is 4.39 Å². The Kier molecular flexibility index (Phi) is 3.18. The maximum Gasteiger partial charge on any atom is 0.165 e. The topological polar surface area (TPSA) is 45.2 Å². The number of hydrogen-bond acceptors (Lipinski definition) is 5. The van der Waals surface area contributed by atoms with Gasteiger partial charge < -0.3 is 9.80 Å². The largest absolute Gasteiger partial charge is 0.356 e. The van der Waals surface area contributed by atoms with Gasteiger partial charge in [-0.2, -0.15) is 0 Å². The van der Waals surface area contributed by atoms with E-state index in [9.17, 15) is 4.39 Å². The summed E-state index contributed by atoms with van der Waals surface area (Å²) in [7, 11) is 0. The summed E-state index contributed by atoms with van der Waals surface area (Å²) >= 11 is 0. The fraction of sp³-hybridized carbons (Fsp3) is 0.500. The van der Waals surface area contributed by atoms with Crippen LogP contribution in [0.2, 0.25) is 0 Å². The van der Waals surface area contributed by atoms with Crippen molar-refractivity contribution in [3.8, 4) is 0 Å². The van der Waals surface area contributed by atoms with Gasteiger partial charge in [0.1, 0.15) is 12.1 Å². The monoisotopic (exact) mass is 325 g/mol. The minimum absolute atomic E-state index is 0.223. The lowest BCUT2D eigenvalue weighted by Gasteiger charge is -2.23. The van der Waals surface area contributed by atoms with Crippen LogP contribution in [0.15, 0.2) is 30.7 Å². The van der Waals surface area contributed by atoms with Gasteiger partial charge in [0, 0.05) is 61.9 Å². The first kappa shape index (κ1) is 14.1. The molecule has 2 aromatic rings. The Labute approximate surface area is 140 Å². The third-order valence-electron chi connectivity index (χ3n) is 5.52. The van der Waals surface area contributed by atoms with Crippen LogP contribution in [0.4, 0.5) is 16.0 Å². The first-order chi connectivity index (χ1) is 11.8. The van der Waals surface area contributed by atoms with Gasteiger partial charge in [0.15, 0.2) is 11.6 Å². The Morgan fingerprint density at radius 1 is 0.958 bits per heavy atom. The average Bonchev–Trinajstić information content (AvgIpc) is 3.26. The van der Waals surface area contributed by atoms with Crippen LogP contribution in [0.25, 0.3) is 0 Å². The average molecular weight is 325 g/mol. The standard InChI is InChI=1S/C18H20FN5/c19-15-2-1-5-20-18(15)24-9-13-7-23(8-14(13)10-24)17-6-16(12-3-4-12)21-11-22-17/h1-2,5-6,11-14H,3-4,7-10H2. The zero-order valence-electron chi connectivity index (χ0n) is 13.5. The molecule has 0 bridgehead atoms. The molecule has 124 valence electrons. The van der Waals surface area contributed by atoms with Crippen molar-refractivity contribution in [3.05, 3.63) is 42.2 Å². The van der Waals surface area contributed by atoms with Gasteiger partial charge in [-0.25, -0.2) is 19.3 Å². The number of halogens is 1. The number of hydrogen-bond donors (Lipinski definition) is 0. The lowest BCUT2D eigenvalue weighted by molar-refractivity contribution is 0.533. The van der Waals surface area contributed by atoms with E-state index in [4.69, 9.17) is 0 Å². The van der Waals surface area contributed by atoms with Crippen molar-refractivity contribution in [1.29, 1.82) is 0 Å². The van der Waals surface area contributed by atoms with Gasteiger partial charge in [0.25, 0.3) is 0 Å². The molecule has 24 heavy (non-hydrogen) atoms. The van der Waals surface area contributed by atoms with Crippen LogP contribution < -0.4 is 9.80 Å². The zero-order valence-corrected chi connectivity index (χ0v) is 13.5. The molecule has 4 heterocycles. The highest BCUT2D eigenvalue weighted by atomic mass is 19.1. The molecule has 0 N–H and O–H groups in total. The minimum atomic E-state index is -0.223. The molecule has 2 unspecified atom stereocenters. The van der Waals surface area contributed by atoms with Crippen molar-refractivity contribution in [1.82, 2.24) is 15.0 Å². The Morgan fingerprint density at radius 2 is 1.71 bits per heavy atom. The summed E-state index contributed by atoms with van der Waals surface area (Å²) in [5, 5.41) is 0. The number of fused-ring (bicyclic) bond motifs is 1. The Morgan fingerprint density at radius 3 is 2.42 bits per heavy atom. The Bertz CT molecular complexity index is 749. The molecule has 5 rings (SSSR count). The predicted octanol–water partition coefficient (Wildman–Crippen LogP) is 2.46. The van der Waals surface area contributed by atoms with Crippen molar-refractivity contribution >= 4 is 11.6 Å². The summed E-state index contributed by atoms with van der Waals surface area (Å²) in [6.45, 7) is 3.71.